The number of carboxylic acid groups (broad SMARTS) is 1. The van der Waals surface area contributed by atoms with Gasteiger partial charge in [-0.3, -0.25) is 53.9 Å². The van der Waals surface area contributed by atoms with E-state index in [1.165, 1.54) is 40.9 Å². The Balaban J connectivity index is 0.544. The Morgan fingerprint density at radius 1 is 0.862 bits per heavy atom. The number of amides is 6. The van der Waals surface area contributed by atoms with Crippen LogP contribution in [0.15, 0.2) is 85.1 Å². The van der Waals surface area contributed by atoms with E-state index < -0.39 is 41.5 Å². The number of nitrogens with zero attached hydrogens (tertiary/aromatic N) is 9. The van der Waals surface area contributed by atoms with Crippen LogP contribution in [0.5, 0.6) is 5.75 Å². The standard InChI is InChI=1S/C61H61FN12O11S2/c62-44-34-38(17-19-48(44)85-30-7-15-50-54(59(81)82)66-61(87-50)72-25-21-39-9-3-10-41(43(39)36-72)55(77)67-60-64-45-12-1-2-14-49(45)86-60)8-5-23-70-26-28-71(29-27-70)52(76)16-6-24-73-35-40(68-69-73)37-84-33-32-83-31-22-63-46-13-4-11-42-53(46)58(80)74(57(42)79)47-18-20-51(75)65-56(47)78/h1-4,9-14,17,19,34-35,47,63H,6-7,15-16,18,20-33,36-37H2,(H,81,82)(H,64,67,77)(H,65,75,78)/t47-/m1/s1. The largest absolute Gasteiger partial charge is 0.491 e. The monoisotopic (exact) mass is 1220 g/mol. The van der Waals surface area contributed by atoms with Gasteiger partial charge in [-0.05, 0) is 91.8 Å². The zero-order chi connectivity index (χ0) is 60.4. The lowest BCUT2D eigenvalue weighted by atomic mass is 9.94. The number of hydrogen-bond donors (Lipinski definition) is 4. The SMILES string of the molecule is O=C1CC[C@@H](N2C(=O)c3cccc(NCCOCCOCc4cn(CCCC(=O)N5CCN(CC#Cc6ccc(OCCCc7sc(N8CCc9cccc(C(=O)Nc%10nc%11ccccc%11s%10)c9C8)nc7C(=O)O)c(F)c6)CC5)nn4)c3C2=O)C(=O)N1. The van der Waals surface area contributed by atoms with E-state index in [4.69, 9.17) is 14.2 Å². The Morgan fingerprint density at radius 2 is 1.70 bits per heavy atom. The van der Waals surface area contributed by atoms with Crippen LogP contribution in [-0.2, 0) is 56.4 Å². The van der Waals surface area contributed by atoms with Gasteiger partial charge in [0.2, 0.25) is 17.7 Å². The number of nitrogens with one attached hydrogen (secondary N) is 3. The molecule has 87 heavy (non-hydrogen) atoms. The first kappa shape index (κ1) is 59.7. The van der Waals surface area contributed by atoms with Crippen LogP contribution in [0, 0.1) is 17.7 Å². The number of para-hydroxylation sites is 1. The highest BCUT2D eigenvalue weighted by Gasteiger charge is 2.45. The van der Waals surface area contributed by atoms with E-state index in [2.05, 4.69) is 53.0 Å². The second kappa shape index (κ2) is 27.6. The number of benzene rings is 4. The maximum absolute atomic E-state index is 15.2. The van der Waals surface area contributed by atoms with E-state index in [0.717, 1.165) is 26.2 Å². The maximum Gasteiger partial charge on any atom is 0.355 e. The summed E-state index contributed by atoms with van der Waals surface area (Å²) in [6.45, 7) is 5.98. The zero-order valence-electron chi connectivity index (χ0n) is 47.3. The Morgan fingerprint density at radius 3 is 2.53 bits per heavy atom. The summed E-state index contributed by atoms with van der Waals surface area (Å²) in [6.07, 6.45) is 4.28. The van der Waals surface area contributed by atoms with Gasteiger partial charge in [0.25, 0.3) is 17.7 Å². The number of aromatic nitrogens is 5. The van der Waals surface area contributed by atoms with Crippen LogP contribution >= 0.6 is 22.7 Å². The fourth-order valence-corrected chi connectivity index (χ4v) is 12.7. The van der Waals surface area contributed by atoms with Gasteiger partial charge in [0.05, 0.1) is 67.1 Å². The first-order valence-corrected chi connectivity index (χ1v) is 30.3. The van der Waals surface area contributed by atoms with Crippen LogP contribution in [0.25, 0.3) is 10.2 Å². The molecule has 4 N–H and O–H groups in total. The number of fused-ring (bicyclic) bond motifs is 3. The summed E-state index contributed by atoms with van der Waals surface area (Å²) in [7, 11) is 0. The summed E-state index contributed by atoms with van der Waals surface area (Å²) in [5.74, 6) is 2.08. The lowest BCUT2D eigenvalue weighted by Gasteiger charge is -2.33. The summed E-state index contributed by atoms with van der Waals surface area (Å²) >= 11 is 2.71. The van der Waals surface area contributed by atoms with Crippen molar-refractivity contribution in [2.45, 2.75) is 70.7 Å². The number of imide groups is 2. The number of piperazine rings is 1. The van der Waals surface area contributed by atoms with Crippen LogP contribution < -0.4 is 25.6 Å². The number of ether oxygens (including phenoxy) is 3. The summed E-state index contributed by atoms with van der Waals surface area (Å²) in [6, 6.07) is 21.7. The molecule has 4 aromatic carbocycles. The summed E-state index contributed by atoms with van der Waals surface area (Å²) in [5.41, 5.74) is 5.17. The number of aromatic carboxylic acids is 1. The number of piperidine rings is 1. The first-order chi connectivity index (χ1) is 42.3. The topological polar surface area (TPSA) is 273 Å². The number of aryl methyl sites for hydroxylation is 2. The molecule has 4 aliphatic heterocycles. The van der Waals surface area contributed by atoms with Gasteiger partial charge >= 0.3 is 5.97 Å². The van der Waals surface area contributed by atoms with Gasteiger partial charge in [0.1, 0.15) is 11.7 Å². The summed E-state index contributed by atoms with van der Waals surface area (Å²) < 4.78 is 35.1. The molecular formula is C61H61FN12O11S2. The minimum atomic E-state index is -1.14. The van der Waals surface area contributed by atoms with Gasteiger partial charge in [-0.15, -0.1) is 16.4 Å². The number of hydrogen-bond acceptors (Lipinski definition) is 19. The minimum Gasteiger partial charge on any atom is -0.491 e. The van der Waals surface area contributed by atoms with Gasteiger partial charge in [0.15, 0.2) is 27.5 Å². The predicted octanol–water partition coefficient (Wildman–Crippen LogP) is 6.03. The van der Waals surface area contributed by atoms with E-state index in [-0.39, 0.29) is 67.0 Å². The molecule has 3 aromatic heterocycles. The van der Waals surface area contributed by atoms with Crippen molar-refractivity contribution in [3.8, 4) is 17.6 Å². The van der Waals surface area contributed by atoms with Gasteiger partial charge in [-0.2, -0.15) is 0 Å². The molecule has 0 unspecified atom stereocenters. The van der Waals surface area contributed by atoms with Crippen LogP contribution in [0.2, 0.25) is 0 Å². The van der Waals surface area contributed by atoms with Crippen LogP contribution in [0.4, 0.5) is 20.3 Å². The van der Waals surface area contributed by atoms with Crippen LogP contribution in [0.3, 0.4) is 0 Å². The van der Waals surface area contributed by atoms with Gasteiger partial charge in [-0.25, -0.2) is 19.2 Å². The average Bonchev–Trinajstić information content (AvgIpc) is 1.87. The molecule has 26 heteroatoms. The van der Waals surface area contributed by atoms with E-state index in [0.29, 0.717) is 142 Å². The molecule has 0 aliphatic carbocycles. The number of halogens is 1. The van der Waals surface area contributed by atoms with E-state index >= 15 is 4.39 Å². The number of carboxylic acids is 1. The zero-order valence-corrected chi connectivity index (χ0v) is 48.9. The molecule has 0 radical (unpaired) electrons. The third kappa shape index (κ3) is 14.3. The van der Waals surface area contributed by atoms with Crippen molar-refractivity contribution in [1.29, 1.82) is 0 Å². The highest BCUT2D eigenvalue weighted by Crippen LogP contribution is 2.35. The molecule has 7 aromatic rings. The Bertz CT molecular complexity index is 3800. The molecule has 4 aliphatic rings. The normalized spacial score (nSPS) is 15.9. The number of rotatable bonds is 24. The van der Waals surface area contributed by atoms with Gasteiger partial charge < -0.3 is 34.4 Å². The van der Waals surface area contributed by atoms with Crippen molar-refractivity contribution in [2.75, 3.05) is 87.8 Å². The summed E-state index contributed by atoms with van der Waals surface area (Å²) in [5, 5.41) is 27.8. The fraction of sp³-hybridized carbons (Fsp3) is 0.361. The van der Waals surface area contributed by atoms with Crippen LogP contribution in [0.1, 0.15) is 101 Å². The van der Waals surface area contributed by atoms with Crippen LogP contribution in [-0.4, -0.2) is 164 Å². The highest BCUT2D eigenvalue weighted by atomic mass is 32.1. The molecule has 0 saturated carbocycles. The molecule has 0 spiro atoms. The summed E-state index contributed by atoms with van der Waals surface area (Å²) in [4.78, 5) is 106. The Hall–Kier alpha value is -9.00. The molecule has 6 amide bonds. The van der Waals surface area contributed by atoms with Crippen molar-refractivity contribution in [2.24, 2.45) is 0 Å². The molecule has 2 fully saturated rings. The van der Waals surface area contributed by atoms with Crippen molar-refractivity contribution >= 4 is 90.3 Å². The number of anilines is 3. The number of thiazole rings is 2. The fourth-order valence-electron chi connectivity index (χ4n) is 10.8. The van der Waals surface area contributed by atoms with Crippen molar-refractivity contribution < 1.29 is 57.3 Å². The predicted molar refractivity (Wildman–Crippen MR) is 319 cm³/mol. The second-order valence-corrected chi connectivity index (χ2v) is 23.1. The first-order valence-electron chi connectivity index (χ1n) is 28.6. The van der Waals surface area contributed by atoms with Gasteiger partial charge in [0, 0.05) is 86.9 Å². The van der Waals surface area contributed by atoms with Crippen molar-refractivity contribution in [1.82, 2.24) is 45.0 Å². The quantitative estimate of drug-likeness (QED) is 0.0305. The third-order valence-corrected chi connectivity index (χ3v) is 17.3. The molecule has 7 heterocycles. The maximum atomic E-state index is 15.2. The third-order valence-electron chi connectivity index (χ3n) is 15.2. The lowest BCUT2D eigenvalue weighted by Crippen LogP contribution is -2.54. The molecule has 2 saturated heterocycles. The molecule has 0 bridgehead atoms. The molecule has 450 valence electrons. The lowest BCUT2D eigenvalue weighted by molar-refractivity contribution is -0.136. The molecular weight excluding hydrogens is 1160 g/mol. The average molecular weight is 1220 g/mol. The molecule has 11 rings (SSSR count). The van der Waals surface area contributed by atoms with Crippen molar-refractivity contribution in [3.05, 3.63) is 141 Å². The minimum absolute atomic E-state index is 0.0314. The van der Waals surface area contributed by atoms with E-state index in [1.54, 1.807) is 35.1 Å². The second-order valence-electron chi connectivity index (χ2n) is 21.0. The molecule has 1 atom stereocenters. The number of carbonyl (C=O) groups is 7. The van der Waals surface area contributed by atoms with E-state index in [9.17, 15) is 38.7 Å². The Kier molecular flexibility index (Phi) is 18.9. The molecule has 23 nitrogen and oxygen atoms in total. The number of carbonyl (C=O) groups excluding carboxylic acids is 6. The Labute approximate surface area is 506 Å². The smallest absolute Gasteiger partial charge is 0.355 e. The van der Waals surface area contributed by atoms with Crippen molar-refractivity contribution in [3.63, 3.8) is 0 Å². The van der Waals surface area contributed by atoms with Gasteiger partial charge in [-0.1, -0.05) is 58.7 Å². The van der Waals surface area contributed by atoms with E-state index in [1.807, 2.05) is 46.2 Å². The highest BCUT2D eigenvalue weighted by molar-refractivity contribution is 7.22.